The van der Waals surface area contributed by atoms with Crippen molar-refractivity contribution in [1.82, 2.24) is 0 Å². The van der Waals surface area contributed by atoms with Crippen molar-refractivity contribution in [3.8, 4) is 0 Å². The number of hydrogen-bond donors (Lipinski definition) is 2. The fourth-order valence-corrected chi connectivity index (χ4v) is 1.95. The van der Waals surface area contributed by atoms with Crippen molar-refractivity contribution in [2.24, 2.45) is 0 Å². The van der Waals surface area contributed by atoms with Crippen molar-refractivity contribution in [1.29, 1.82) is 0 Å². The van der Waals surface area contributed by atoms with Crippen LogP contribution in [0.1, 0.15) is 12.0 Å². The number of aliphatic carboxylic acids is 1. The van der Waals surface area contributed by atoms with Crippen LogP contribution in [0.15, 0.2) is 60.7 Å². The molecule has 0 heterocycles. The van der Waals surface area contributed by atoms with Gasteiger partial charge in [0.05, 0.1) is 0 Å². The number of aryl methyl sites for hydroxylation is 1. The first kappa shape index (κ1) is 13.1. The fourth-order valence-electron chi connectivity index (χ4n) is 1.95. The van der Waals surface area contributed by atoms with Gasteiger partial charge in [-0.1, -0.05) is 48.5 Å². The van der Waals surface area contributed by atoms with Gasteiger partial charge >= 0.3 is 5.97 Å². The maximum absolute atomic E-state index is 11.3. The van der Waals surface area contributed by atoms with E-state index in [1.54, 1.807) is 0 Å². The Bertz CT molecular complexity index is 511. The summed E-state index contributed by atoms with van der Waals surface area (Å²) in [7, 11) is 0. The lowest BCUT2D eigenvalue weighted by Crippen LogP contribution is -2.29. The van der Waals surface area contributed by atoms with E-state index < -0.39 is 12.0 Å². The van der Waals surface area contributed by atoms with Crippen molar-refractivity contribution < 1.29 is 9.90 Å². The van der Waals surface area contributed by atoms with Gasteiger partial charge in [0.25, 0.3) is 0 Å². The van der Waals surface area contributed by atoms with E-state index in [2.05, 4.69) is 5.32 Å². The van der Waals surface area contributed by atoms with E-state index in [0.29, 0.717) is 6.42 Å². The molecule has 2 rings (SSSR count). The van der Waals surface area contributed by atoms with Gasteiger partial charge in [-0.2, -0.15) is 0 Å². The van der Waals surface area contributed by atoms with E-state index in [0.717, 1.165) is 17.7 Å². The van der Waals surface area contributed by atoms with Crippen molar-refractivity contribution in [3.63, 3.8) is 0 Å². The summed E-state index contributed by atoms with van der Waals surface area (Å²) in [5, 5.41) is 12.3. The summed E-state index contributed by atoms with van der Waals surface area (Å²) in [5.74, 6) is -0.820. The molecule has 2 aromatic carbocycles. The molecule has 0 fully saturated rings. The van der Waals surface area contributed by atoms with Crippen molar-refractivity contribution in [2.45, 2.75) is 18.9 Å². The molecule has 0 bridgehead atoms. The predicted octanol–water partition coefficient (Wildman–Crippen LogP) is 3.18. The number of carboxylic acid groups (broad SMARTS) is 1. The highest BCUT2D eigenvalue weighted by Crippen LogP contribution is 2.12. The lowest BCUT2D eigenvalue weighted by Gasteiger charge is -2.15. The maximum Gasteiger partial charge on any atom is 0.326 e. The maximum atomic E-state index is 11.3. The van der Waals surface area contributed by atoms with E-state index >= 15 is 0 Å². The van der Waals surface area contributed by atoms with Crippen LogP contribution in [-0.4, -0.2) is 17.1 Å². The summed E-state index contributed by atoms with van der Waals surface area (Å²) < 4.78 is 0. The third-order valence-corrected chi connectivity index (χ3v) is 2.98. The molecule has 0 aliphatic carbocycles. The average molecular weight is 255 g/mol. The minimum atomic E-state index is -0.820. The molecule has 0 saturated heterocycles. The minimum absolute atomic E-state index is 0.564. The molecule has 98 valence electrons. The second-order valence-electron chi connectivity index (χ2n) is 4.43. The van der Waals surface area contributed by atoms with Crippen LogP contribution in [-0.2, 0) is 11.2 Å². The molecular formula is C16H17NO2. The molecule has 19 heavy (non-hydrogen) atoms. The number of para-hydroxylation sites is 1. The molecule has 0 spiro atoms. The van der Waals surface area contributed by atoms with Gasteiger partial charge in [0.15, 0.2) is 0 Å². The van der Waals surface area contributed by atoms with E-state index in [4.69, 9.17) is 0 Å². The van der Waals surface area contributed by atoms with Crippen LogP contribution in [0.5, 0.6) is 0 Å². The van der Waals surface area contributed by atoms with Crippen LogP contribution in [0, 0.1) is 0 Å². The molecule has 0 unspecified atom stereocenters. The topological polar surface area (TPSA) is 49.3 Å². The molecule has 0 saturated carbocycles. The number of carbonyl (C=O) groups is 1. The largest absolute Gasteiger partial charge is 0.480 e. The van der Waals surface area contributed by atoms with E-state index in [1.165, 1.54) is 0 Å². The SMILES string of the molecule is O=C(O)[C@H](CCc1ccccc1)Nc1ccccc1. The Hall–Kier alpha value is -2.29. The van der Waals surface area contributed by atoms with Gasteiger partial charge in [0.1, 0.15) is 6.04 Å². The van der Waals surface area contributed by atoms with Crippen LogP contribution >= 0.6 is 0 Å². The number of anilines is 1. The Kier molecular flexibility index (Phi) is 4.56. The standard InChI is InChI=1S/C16H17NO2/c18-16(19)15(17-14-9-5-2-6-10-14)12-11-13-7-3-1-4-8-13/h1-10,15,17H,11-12H2,(H,18,19)/t15-/m0/s1. The van der Waals surface area contributed by atoms with Gasteiger partial charge in [-0.15, -0.1) is 0 Å². The summed E-state index contributed by atoms with van der Waals surface area (Å²) in [6.07, 6.45) is 1.31. The Morgan fingerprint density at radius 2 is 1.58 bits per heavy atom. The van der Waals surface area contributed by atoms with Gasteiger partial charge in [-0.3, -0.25) is 0 Å². The molecule has 1 atom stereocenters. The Labute approximate surface area is 112 Å². The summed E-state index contributed by atoms with van der Waals surface area (Å²) >= 11 is 0. The van der Waals surface area contributed by atoms with E-state index in [1.807, 2.05) is 60.7 Å². The van der Waals surface area contributed by atoms with Gasteiger partial charge in [-0.25, -0.2) is 4.79 Å². The lowest BCUT2D eigenvalue weighted by atomic mass is 10.1. The number of carboxylic acids is 1. The highest BCUT2D eigenvalue weighted by molar-refractivity contribution is 5.77. The highest BCUT2D eigenvalue weighted by atomic mass is 16.4. The number of benzene rings is 2. The van der Waals surface area contributed by atoms with Gasteiger partial charge in [0, 0.05) is 5.69 Å². The van der Waals surface area contributed by atoms with E-state index in [-0.39, 0.29) is 0 Å². The first-order valence-corrected chi connectivity index (χ1v) is 6.34. The average Bonchev–Trinajstić information content (AvgIpc) is 2.45. The monoisotopic (exact) mass is 255 g/mol. The highest BCUT2D eigenvalue weighted by Gasteiger charge is 2.16. The molecular weight excluding hydrogens is 238 g/mol. The lowest BCUT2D eigenvalue weighted by molar-refractivity contribution is -0.138. The number of nitrogens with one attached hydrogen (secondary N) is 1. The molecule has 0 aromatic heterocycles. The minimum Gasteiger partial charge on any atom is -0.480 e. The van der Waals surface area contributed by atoms with Crippen LogP contribution in [0.4, 0.5) is 5.69 Å². The molecule has 2 N–H and O–H groups in total. The third kappa shape index (κ3) is 4.14. The second-order valence-corrected chi connectivity index (χ2v) is 4.43. The van der Waals surface area contributed by atoms with Crippen LogP contribution in [0.3, 0.4) is 0 Å². The molecule has 3 heteroatoms. The van der Waals surface area contributed by atoms with Crippen molar-refractivity contribution in [2.75, 3.05) is 5.32 Å². The molecule has 0 amide bonds. The molecule has 2 aromatic rings. The number of hydrogen-bond acceptors (Lipinski definition) is 2. The smallest absolute Gasteiger partial charge is 0.326 e. The summed E-state index contributed by atoms with van der Waals surface area (Å²) in [4.78, 5) is 11.3. The molecule has 3 nitrogen and oxygen atoms in total. The zero-order chi connectivity index (χ0) is 13.5. The fraction of sp³-hybridized carbons (Fsp3) is 0.188. The first-order chi connectivity index (χ1) is 9.25. The predicted molar refractivity (Wildman–Crippen MR) is 76.3 cm³/mol. The Morgan fingerprint density at radius 3 is 2.16 bits per heavy atom. The van der Waals surface area contributed by atoms with Crippen LogP contribution in [0.25, 0.3) is 0 Å². The third-order valence-electron chi connectivity index (χ3n) is 2.98. The number of rotatable bonds is 6. The van der Waals surface area contributed by atoms with Crippen molar-refractivity contribution >= 4 is 11.7 Å². The normalized spacial score (nSPS) is 11.8. The van der Waals surface area contributed by atoms with Crippen molar-refractivity contribution in [3.05, 3.63) is 66.2 Å². The van der Waals surface area contributed by atoms with Gasteiger partial charge < -0.3 is 10.4 Å². The quantitative estimate of drug-likeness (QED) is 0.833. The van der Waals surface area contributed by atoms with Gasteiger partial charge in [0.2, 0.25) is 0 Å². The van der Waals surface area contributed by atoms with Crippen LogP contribution in [0.2, 0.25) is 0 Å². The molecule has 0 radical (unpaired) electrons. The summed E-state index contributed by atoms with van der Waals surface area (Å²) in [6, 6.07) is 18.8. The van der Waals surface area contributed by atoms with Crippen LogP contribution < -0.4 is 5.32 Å². The van der Waals surface area contributed by atoms with E-state index in [9.17, 15) is 9.90 Å². The summed E-state index contributed by atoms with van der Waals surface area (Å²) in [5.41, 5.74) is 1.99. The molecule has 0 aliphatic heterocycles. The zero-order valence-electron chi connectivity index (χ0n) is 10.6. The Morgan fingerprint density at radius 1 is 1.00 bits per heavy atom. The summed E-state index contributed by atoms with van der Waals surface area (Å²) in [6.45, 7) is 0. The second kappa shape index (κ2) is 6.59. The molecule has 0 aliphatic rings. The first-order valence-electron chi connectivity index (χ1n) is 6.34. The zero-order valence-corrected chi connectivity index (χ0v) is 10.6. The Balaban J connectivity index is 1.95. The van der Waals surface area contributed by atoms with Gasteiger partial charge in [-0.05, 0) is 30.5 Å².